The lowest BCUT2D eigenvalue weighted by Gasteiger charge is -2.07. The van der Waals surface area contributed by atoms with E-state index in [-0.39, 0.29) is 11.5 Å². The van der Waals surface area contributed by atoms with Gasteiger partial charge in [0.2, 0.25) is 5.89 Å². The van der Waals surface area contributed by atoms with E-state index < -0.39 is 0 Å². The molecule has 0 saturated heterocycles. The fraction of sp³-hybridized carbons (Fsp3) is 0.235. The number of carbonyl (C=O) groups is 1. The van der Waals surface area contributed by atoms with Gasteiger partial charge in [-0.2, -0.15) is 0 Å². The molecule has 3 aromatic rings. The van der Waals surface area contributed by atoms with Gasteiger partial charge in [0.15, 0.2) is 17.3 Å². The van der Waals surface area contributed by atoms with Crippen LogP contribution < -0.4 is 9.47 Å². The van der Waals surface area contributed by atoms with Crippen LogP contribution in [-0.4, -0.2) is 40.5 Å². The van der Waals surface area contributed by atoms with Crippen LogP contribution in [0.3, 0.4) is 0 Å². The number of rotatable bonds is 7. The van der Waals surface area contributed by atoms with Gasteiger partial charge < -0.3 is 18.5 Å². The molecular weight excluding hydrogens is 342 g/mol. The van der Waals surface area contributed by atoms with E-state index in [0.29, 0.717) is 33.9 Å². The molecule has 130 valence electrons. The van der Waals surface area contributed by atoms with Crippen LogP contribution >= 0.6 is 11.8 Å². The maximum Gasteiger partial charge on any atom is 0.277 e. The van der Waals surface area contributed by atoms with Crippen molar-refractivity contribution in [1.29, 1.82) is 0 Å². The molecule has 0 aliphatic rings. The van der Waals surface area contributed by atoms with E-state index in [1.54, 1.807) is 43.1 Å². The number of benzene rings is 1. The SMILES string of the molecule is COc1ccc(-c2nnc(SCC(=O)c3cccn3C)o2)cc1OC. The van der Waals surface area contributed by atoms with Crippen LogP contribution in [0.25, 0.3) is 11.5 Å². The van der Waals surface area contributed by atoms with Gasteiger partial charge in [0.1, 0.15) is 0 Å². The van der Waals surface area contributed by atoms with Crippen molar-refractivity contribution < 1.29 is 18.7 Å². The van der Waals surface area contributed by atoms with Crippen molar-refractivity contribution in [1.82, 2.24) is 14.8 Å². The highest BCUT2D eigenvalue weighted by atomic mass is 32.2. The minimum absolute atomic E-state index is 0.00312. The highest BCUT2D eigenvalue weighted by Crippen LogP contribution is 2.32. The van der Waals surface area contributed by atoms with Crippen molar-refractivity contribution in [3.05, 3.63) is 42.2 Å². The van der Waals surface area contributed by atoms with Crippen molar-refractivity contribution in [3.63, 3.8) is 0 Å². The van der Waals surface area contributed by atoms with E-state index in [0.717, 1.165) is 0 Å². The fourth-order valence-corrected chi connectivity index (χ4v) is 2.94. The largest absolute Gasteiger partial charge is 0.493 e. The third-order valence-electron chi connectivity index (χ3n) is 3.59. The standard InChI is InChI=1S/C17H17N3O4S/c1-20-8-4-5-12(20)13(21)10-25-17-19-18-16(24-17)11-6-7-14(22-2)15(9-11)23-3/h4-9H,10H2,1-3H3. The number of nitrogens with zero attached hydrogens (tertiary/aromatic N) is 3. The zero-order chi connectivity index (χ0) is 17.8. The molecule has 2 aromatic heterocycles. The average molecular weight is 359 g/mol. The van der Waals surface area contributed by atoms with Crippen LogP contribution in [0.2, 0.25) is 0 Å². The number of Topliss-reactive ketones (excluding diaryl/α,β-unsaturated/α-hetero) is 1. The molecule has 1 aromatic carbocycles. The Labute approximate surface area is 149 Å². The highest BCUT2D eigenvalue weighted by Gasteiger charge is 2.15. The molecule has 0 saturated carbocycles. The van der Waals surface area contributed by atoms with Gasteiger partial charge in [0.05, 0.1) is 25.7 Å². The van der Waals surface area contributed by atoms with Gasteiger partial charge in [0.25, 0.3) is 5.22 Å². The van der Waals surface area contributed by atoms with E-state index >= 15 is 0 Å². The number of ketones is 1. The van der Waals surface area contributed by atoms with Crippen LogP contribution in [0.1, 0.15) is 10.5 Å². The van der Waals surface area contributed by atoms with E-state index in [9.17, 15) is 4.79 Å². The van der Waals surface area contributed by atoms with Crippen LogP contribution in [-0.2, 0) is 7.05 Å². The number of methoxy groups -OCH3 is 2. The summed E-state index contributed by atoms with van der Waals surface area (Å²) in [7, 11) is 4.97. The monoisotopic (exact) mass is 359 g/mol. The second-order valence-electron chi connectivity index (χ2n) is 5.16. The Morgan fingerprint density at radius 1 is 1.20 bits per heavy atom. The first-order valence-corrected chi connectivity index (χ1v) is 8.44. The van der Waals surface area contributed by atoms with E-state index in [4.69, 9.17) is 13.9 Å². The quantitative estimate of drug-likeness (QED) is 0.474. The zero-order valence-electron chi connectivity index (χ0n) is 14.1. The molecule has 0 N–H and O–H groups in total. The van der Waals surface area contributed by atoms with Crippen LogP contribution in [0, 0.1) is 0 Å². The number of hydrogen-bond acceptors (Lipinski definition) is 7. The summed E-state index contributed by atoms with van der Waals surface area (Å²) in [6.45, 7) is 0. The van der Waals surface area contributed by atoms with Crippen molar-refractivity contribution in [2.24, 2.45) is 7.05 Å². The predicted molar refractivity (Wildman–Crippen MR) is 93.3 cm³/mol. The molecule has 0 aliphatic carbocycles. The Balaban J connectivity index is 1.70. The van der Waals surface area contributed by atoms with Crippen LogP contribution in [0.5, 0.6) is 11.5 Å². The molecule has 7 nitrogen and oxygen atoms in total. The molecule has 2 heterocycles. The van der Waals surface area contributed by atoms with E-state index in [1.165, 1.54) is 11.8 Å². The molecule has 8 heteroatoms. The van der Waals surface area contributed by atoms with Crippen LogP contribution in [0.4, 0.5) is 0 Å². The molecule has 0 aliphatic heterocycles. The average Bonchev–Trinajstić information content (AvgIpc) is 3.28. The van der Waals surface area contributed by atoms with Gasteiger partial charge in [-0.3, -0.25) is 4.79 Å². The summed E-state index contributed by atoms with van der Waals surface area (Å²) in [6, 6.07) is 8.95. The first-order valence-electron chi connectivity index (χ1n) is 7.45. The Morgan fingerprint density at radius 2 is 2.00 bits per heavy atom. The first-order chi connectivity index (χ1) is 12.1. The summed E-state index contributed by atoms with van der Waals surface area (Å²) in [5.41, 5.74) is 1.36. The molecule has 0 atom stereocenters. The Bertz CT molecular complexity index is 888. The smallest absolute Gasteiger partial charge is 0.277 e. The summed E-state index contributed by atoms with van der Waals surface area (Å²) in [4.78, 5) is 12.2. The normalized spacial score (nSPS) is 10.7. The Morgan fingerprint density at radius 3 is 2.68 bits per heavy atom. The second kappa shape index (κ2) is 7.43. The summed E-state index contributed by atoms with van der Waals surface area (Å²) < 4.78 is 17.9. The van der Waals surface area contributed by atoms with E-state index in [1.807, 2.05) is 19.3 Å². The Hall–Kier alpha value is -2.74. The minimum Gasteiger partial charge on any atom is -0.493 e. The number of ether oxygens (including phenoxy) is 2. The van der Waals surface area contributed by atoms with Crippen molar-refractivity contribution in [3.8, 4) is 23.0 Å². The first kappa shape index (κ1) is 17.1. The van der Waals surface area contributed by atoms with Crippen molar-refractivity contribution in [2.45, 2.75) is 5.22 Å². The third kappa shape index (κ3) is 3.69. The van der Waals surface area contributed by atoms with Crippen molar-refractivity contribution in [2.75, 3.05) is 20.0 Å². The molecule has 0 amide bonds. The minimum atomic E-state index is 0.00312. The van der Waals surface area contributed by atoms with Gasteiger partial charge >= 0.3 is 0 Å². The number of aryl methyl sites for hydroxylation is 1. The molecular formula is C17H17N3O4S. The lowest BCUT2D eigenvalue weighted by Crippen LogP contribution is -2.07. The predicted octanol–water partition coefficient (Wildman–Crippen LogP) is 3.07. The van der Waals surface area contributed by atoms with Crippen molar-refractivity contribution >= 4 is 17.5 Å². The van der Waals surface area contributed by atoms with Crippen LogP contribution in [0.15, 0.2) is 46.2 Å². The maximum absolute atomic E-state index is 12.2. The topological polar surface area (TPSA) is 79.4 Å². The van der Waals surface area contributed by atoms with Gasteiger partial charge in [0, 0.05) is 18.8 Å². The Kier molecular flexibility index (Phi) is 5.08. The summed E-state index contributed by atoms with van der Waals surface area (Å²) in [6.07, 6.45) is 1.83. The summed E-state index contributed by atoms with van der Waals surface area (Å²) >= 11 is 1.21. The number of hydrogen-bond donors (Lipinski definition) is 0. The van der Waals surface area contributed by atoms with Gasteiger partial charge in [-0.05, 0) is 30.3 Å². The number of carbonyl (C=O) groups excluding carboxylic acids is 1. The molecule has 0 fully saturated rings. The molecule has 0 spiro atoms. The van der Waals surface area contributed by atoms with E-state index in [2.05, 4.69) is 10.2 Å². The van der Waals surface area contributed by atoms with Gasteiger partial charge in [-0.1, -0.05) is 11.8 Å². The zero-order valence-corrected chi connectivity index (χ0v) is 14.9. The molecule has 25 heavy (non-hydrogen) atoms. The third-order valence-corrected chi connectivity index (χ3v) is 4.41. The van der Waals surface area contributed by atoms with Gasteiger partial charge in [-0.25, -0.2) is 0 Å². The molecule has 3 rings (SSSR count). The second-order valence-corrected chi connectivity index (χ2v) is 6.09. The number of aromatic nitrogens is 3. The maximum atomic E-state index is 12.2. The highest BCUT2D eigenvalue weighted by molar-refractivity contribution is 7.99. The molecule has 0 unspecified atom stereocenters. The molecule has 0 radical (unpaired) electrons. The number of thioether (sulfide) groups is 1. The van der Waals surface area contributed by atoms with Gasteiger partial charge in [-0.15, -0.1) is 10.2 Å². The lowest BCUT2D eigenvalue weighted by molar-refractivity contribution is 0.101. The molecule has 0 bridgehead atoms. The summed E-state index contributed by atoms with van der Waals surface area (Å²) in [5, 5.41) is 8.35. The summed E-state index contributed by atoms with van der Waals surface area (Å²) in [5.74, 6) is 1.78. The lowest BCUT2D eigenvalue weighted by atomic mass is 10.2. The fourth-order valence-electron chi connectivity index (χ4n) is 2.31.